The van der Waals surface area contributed by atoms with Gasteiger partial charge >= 0.3 is 0 Å². The van der Waals surface area contributed by atoms with E-state index in [1.54, 1.807) is 16.6 Å². The second kappa shape index (κ2) is 6.56. The fourth-order valence-electron chi connectivity index (χ4n) is 2.16. The molecular weight excluding hydrogens is 326 g/mol. The van der Waals surface area contributed by atoms with Crippen molar-refractivity contribution in [3.63, 3.8) is 0 Å². The van der Waals surface area contributed by atoms with E-state index in [4.69, 9.17) is 4.74 Å². The van der Waals surface area contributed by atoms with Crippen LogP contribution in [0.15, 0.2) is 24.3 Å². The van der Waals surface area contributed by atoms with Crippen LogP contribution in [0.2, 0.25) is 0 Å². The molecule has 24 heavy (non-hydrogen) atoms. The van der Waals surface area contributed by atoms with Crippen LogP contribution in [-0.4, -0.2) is 31.8 Å². The van der Waals surface area contributed by atoms with Gasteiger partial charge in [0.05, 0.1) is 6.10 Å². The highest BCUT2D eigenvalue weighted by atomic mass is 32.1. The summed E-state index contributed by atoms with van der Waals surface area (Å²) in [4.78, 5) is 13.0. The molecule has 1 aromatic carbocycles. The summed E-state index contributed by atoms with van der Waals surface area (Å²) in [5, 5.41) is 15.7. The third-order valence-electron chi connectivity index (χ3n) is 3.21. The lowest BCUT2D eigenvalue weighted by molar-refractivity contribution is 0.102. The Labute approximate surface area is 143 Å². The molecule has 2 aromatic heterocycles. The van der Waals surface area contributed by atoms with Crippen LogP contribution in [-0.2, 0) is 0 Å². The molecule has 8 heteroatoms. The smallest absolute Gasteiger partial charge is 0.286 e. The first kappa shape index (κ1) is 16.4. The molecule has 7 nitrogen and oxygen atoms in total. The molecule has 0 spiro atoms. The molecule has 0 bridgehead atoms. The number of nitrogens with zero attached hydrogens (tertiary/aromatic N) is 4. The summed E-state index contributed by atoms with van der Waals surface area (Å²) < 4.78 is 7.21. The van der Waals surface area contributed by atoms with Gasteiger partial charge < -0.3 is 10.1 Å². The zero-order valence-electron chi connectivity index (χ0n) is 14.0. The summed E-state index contributed by atoms with van der Waals surface area (Å²) in [6.07, 6.45) is 0.112. The molecule has 2 heterocycles. The van der Waals surface area contributed by atoms with Gasteiger partial charge in [0.25, 0.3) is 5.91 Å². The van der Waals surface area contributed by atoms with E-state index in [-0.39, 0.29) is 17.9 Å². The molecule has 1 amide bonds. The lowest BCUT2D eigenvalue weighted by Crippen LogP contribution is -2.12. The van der Waals surface area contributed by atoms with Crippen molar-refractivity contribution < 1.29 is 9.53 Å². The molecule has 0 saturated heterocycles. The van der Waals surface area contributed by atoms with E-state index >= 15 is 0 Å². The number of anilines is 1. The minimum atomic E-state index is -0.266. The highest BCUT2D eigenvalue weighted by Crippen LogP contribution is 2.21. The third kappa shape index (κ3) is 3.38. The van der Waals surface area contributed by atoms with Crippen molar-refractivity contribution in [1.29, 1.82) is 0 Å². The summed E-state index contributed by atoms with van der Waals surface area (Å²) >= 11 is 1.22. The third-order valence-corrected chi connectivity index (χ3v) is 4.11. The van der Waals surface area contributed by atoms with Crippen LogP contribution < -0.4 is 10.1 Å². The Morgan fingerprint density at radius 2 is 1.88 bits per heavy atom. The largest absolute Gasteiger partial charge is 0.491 e. The highest BCUT2D eigenvalue weighted by Gasteiger charge is 2.18. The Morgan fingerprint density at radius 1 is 1.17 bits per heavy atom. The molecular formula is C16H19N5O2S. The lowest BCUT2D eigenvalue weighted by atomic mass is 10.2. The normalized spacial score (nSPS) is 11.4. The fraction of sp³-hybridized carbons (Fsp3) is 0.375. The first-order valence-corrected chi connectivity index (χ1v) is 8.56. The highest BCUT2D eigenvalue weighted by molar-refractivity contribution is 7.18. The number of hydrogen-bond donors (Lipinski definition) is 1. The first-order valence-electron chi connectivity index (χ1n) is 7.74. The van der Waals surface area contributed by atoms with Crippen molar-refractivity contribution in [2.45, 2.75) is 39.7 Å². The number of hydrogen-bond acceptors (Lipinski definition) is 6. The van der Waals surface area contributed by atoms with Crippen LogP contribution in [0.1, 0.15) is 49.2 Å². The van der Waals surface area contributed by atoms with Crippen LogP contribution in [0.3, 0.4) is 0 Å². The number of nitrogens with one attached hydrogen (secondary N) is 1. The number of carbonyl (C=O) groups is 1. The number of ether oxygens (including phenoxy) is 1. The Balaban J connectivity index is 1.75. The van der Waals surface area contributed by atoms with Crippen molar-refractivity contribution in [3.05, 3.63) is 35.1 Å². The minimum Gasteiger partial charge on any atom is -0.491 e. The second-order valence-corrected chi connectivity index (χ2v) is 6.92. The molecule has 0 radical (unpaired) electrons. The molecule has 0 aliphatic rings. The van der Waals surface area contributed by atoms with Crippen molar-refractivity contribution >= 4 is 27.9 Å². The van der Waals surface area contributed by atoms with E-state index in [0.717, 1.165) is 11.6 Å². The van der Waals surface area contributed by atoms with Gasteiger partial charge in [0.15, 0.2) is 5.82 Å². The van der Waals surface area contributed by atoms with Gasteiger partial charge in [-0.25, -0.2) is 0 Å². The van der Waals surface area contributed by atoms with Gasteiger partial charge in [-0.05, 0) is 38.1 Å². The maximum atomic E-state index is 12.4. The van der Waals surface area contributed by atoms with Gasteiger partial charge in [0, 0.05) is 11.6 Å². The van der Waals surface area contributed by atoms with E-state index in [0.29, 0.717) is 15.7 Å². The Morgan fingerprint density at radius 3 is 2.50 bits per heavy atom. The molecule has 0 unspecified atom stereocenters. The van der Waals surface area contributed by atoms with Crippen LogP contribution >= 0.6 is 11.3 Å². The van der Waals surface area contributed by atoms with Crippen molar-refractivity contribution in [2.24, 2.45) is 0 Å². The Hall–Kier alpha value is -2.48. The number of benzene rings is 1. The predicted molar refractivity (Wildman–Crippen MR) is 92.9 cm³/mol. The summed E-state index contributed by atoms with van der Waals surface area (Å²) in [5.74, 6) is 1.43. The average molecular weight is 345 g/mol. The van der Waals surface area contributed by atoms with Gasteiger partial charge in [-0.1, -0.05) is 25.2 Å². The summed E-state index contributed by atoms with van der Waals surface area (Å²) in [6.45, 7) is 7.95. The second-order valence-electron chi connectivity index (χ2n) is 5.96. The van der Waals surface area contributed by atoms with Gasteiger partial charge in [0.1, 0.15) is 5.75 Å². The topological polar surface area (TPSA) is 81.4 Å². The van der Waals surface area contributed by atoms with Crippen LogP contribution in [0.25, 0.3) is 4.96 Å². The molecule has 3 rings (SSSR count). The van der Waals surface area contributed by atoms with Gasteiger partial charge in [0.2, 0.25) is 9.97 Å². The number of carbonyl (C=O) groups excluding carboxylic acids is 1. The molecule has 0 fully saturated rings. The summed E-state index contributed by atoms with van der Waals surface area (Å²) in [5.41, 5.74) is 0.686. The first-order chi connectivity index (χ1) is 11.4. The van der Waals surface area contributed by atoms with E-state index < -0.39 is 0 Å². The molecule has 1 N–H and O–H groups in total. The minimum absolute atomic E-state index is 0.112. The lowest BCUT2D eigenvalue weighted by Gasteiger charge is -2.10. The SMILES string of the molecule is CC(C)Oc1ccc(NC(=O)c2nn3c(C(C)C)nnc3s2)cc1. The van der Waals surface area contributed by atoms with Crippen LogP contribution in [0.4, 0.5) is 5.69 Å². The predicted octanol–water partition coefficient (Wildman–Crippen LogP) is 3.35. The number of fused-ring (bicyclic) bond motifs is 1. The van der Waals surface area contributed by atoms with E-state index in [1.165, 1.54) is 11.3 Å². The number of rotatable bonds is 5. The molecule has 0 aliphatic heterocycles. The summed E-state index contributed by atoms with van der Waals surface area (Å²) in [6, 6.07) is 7.25. The maximum absolute atomic E-state index is 12.4. The Kier molecular flexibility index (Phi) is 4.48. The van der Waals surface area contributed by atoms with Gasteiger partial charge in [-0.2, -0.15) is 4.52 Å². The summed E-state index contributed by atoms with van der Waals surface area (Å²) in [7, 11) is 0. The number of aromatic nitrogens is 4. The number of amides is 1. The molecule has 3 aromatic rings. The zero-order valence-corrected chi connectivity index (χ0v) is 14.8. The Bertz CT molecular complexity index is 851. The van der Waals surface area contributed by atoms with Crippen LogP contribution in [0, 0.1) is 0 Å². The monoisotopic (exact) mass is 345 g/mol. The molecule has 0 atom stereocenters. The zero-order chi connectivity index (χ0) is 17.3. The molecule has 0 aliphatic carbocycles. The van der Waals surface area contributed by atoms with Crippen molar-refractivity contribution in [3.8, 4) is 5.75 Å². The standard InChI is InChI=1S/C16H19N5O2S/c1-9(2)13-18-19-16-21(13)20-15(24-16)14(22)17-11-5-7-12(8-6-11)23-10(3)4/h5-10H,1-4H3,(H,17,22). The van der Waals surface area contributed by atoms with Crippen molar-refractivity contribution in [1.82, 2.24) is 19.8 Å². The quantitative estimate of drug-likeness (QED) is 0.767. The maximum Gasteiger partial charge on any atom is 0.286 e. The van der Waals surface area contributed by atoms with E-state index in [9.17, 15) is 4.79 Å². The van der Waals surface area contributed by atoms with Crippen molar-refractivity contribution in [2.75, 3.05) is 5.32 Å². The molecule has 126 valence electrons. The molecule has 0 saturated carbocycles. The van der Waals surface area contributed by atoms with Crippen LogP contribution in [0.5, 0.6) is 5.75 Å². The fourth-order valence-corrected chi connectivity index (χ4v) is 2.90. The van der Waals surface area contributed by atoms with Gasteiger partial charge in [-0.3, -0.25) is 4.79 Å². The average Bonchev–Trinajstić information content (AvgIpc) is 3.08. The van der Waals surface area contributed by atoms with E-state index in [2.05, 4.69) is 20.6 Å². The van der Waals surface area contributed by atoms with E-state index in [1.807, 2.05) is 39.8 Å². The van der Waals surface area contributed by atoms with Gasteiger partial charge in [-0.15, -0.1) is 15.3 Å².